The molecule has 0 fully saturated rings. The lowest BCUT2D eigenvalue weighted by Crippen LogP contribution is -2.42. The normalized spacial score (nSPS) is 11.7. The van der Waals surface area contributed by atoms with E-state index in [9.17, 15) is 14.7 Å². The molecule has 0 spiro atoms. The van der Waals surface area contributed by atoms with Gasteiger partial charge in [0.2, 0.25) is 0 Å². The van der Waals surface area contributed by atoms with Gasteiger partial charge in [-0.25, -0.2) is 4.79 Å². The lowest BCUT2D eigenvalue weighted by atomic mass is 10.0. The number of amides is 1. The van der Waals surface area contributed by atoms with Crippen LogP contribution in [0.3, 0.4) is 0 Å². The fraction of sp³-hybridized carbons (Fsp3) is 0.111. The summed E-state index contributed by atoms with van der Waals surface area (Å²) in [5, 5.41) is 15.0. The number of benzene rings is 4. The first-order chi connectivity index (χ1) is 16.4. The molecule has 0 radical (unpaired) electrons. The summed E-state index contributed by atoms with van der Waals surface area (Å²) in [6, 6.07) is 24.3. The van der Waals surface area contributed by atoms with Gasteiger partial charge in [0.1, 0.15) is 18.4 Å². The van der Waals surface area contributed by atoms with E-state index in [1.165, 1.54) is 12.1 Å². The third-order valence-corrected chi connectivity index (χ3v) is 5.69. The summed E-state index contributed by atoms with van der Waals surface area (Å²) in [6.07, 6.45) is 0.154. The molecule has 0 bridgehead atoms. The van der Waals surface area contributed by atoms with Gasteiger partial charge in [-0.1, -0.05) is 66.2 Å². The summed E-state index contributed by atoms with van der Waals surface area (Å²) in [6.45, 7) is 0.242. The van der Waals surface area contributed by atoms with Gasteiger partial charge in [-0.3, -0.25) is 4.79 Å². The van der Waals surface area contributed by atoms with E-state index >= 15 is 0 Å². The van der Waals surface area contributed by atoms with Crippen LogP contribution < -0.4 is 15.8 Å². The SMILES string of the molecule is Nc1ccc(C(=O)N[C@@H](Cc2ccc3ccccc3c2)C(=O)O)cc1OCc1ccc(Cl)cc1. The lowest BCUT2D eigenvalue weighted by Gasteiger charge is -2.16. The highest BCUT2D eigenvalue weighted by molar-refractivity contribution is 6.30. The van der Waals surface area contributed by atoms with Gasteiger partial charge in [0, 0.05) is 17.0 Å². The van der Waals surface area contributed by atoms with Crippen molar-refractivity contribution in [2.45, 2.75) is 19.1 Å². The molecule has 0 saturated carbocycles. The molecular weight excluding hydrogens is 452 g/mol. The van der Waals surface area contributed by atoms with E-state index in [0.29, 0.717) is 16.5 Å². The van der Waals surface area contributed by atoms with Crippen molar-refractivity contribution < 1.29 is 19.4 Å². The summed E-state index contributed by atoms with van der Waals surface area (Å²) in [5.41, 5.74) is 8.33. The fourth-order valence-corrected chi connectivity index (χ4v) is 3.71. The molecule has 0 aliphatic rings. The monoisotopic (exact) mass is 474 g/mol. The van der Waals surface area contributed by atoms with Crippen LogP contribution in [0.1, 0.15) is 21.5 Å². The van der Waals surface area contributed by atoms with Crippen molar-refractivity contribution in [3.05, 3.63) is 107 Å². The second-order valence-electron chi connectivity index (χ2n) is 7.92. The second-order valence-corrected chi connectivity index (χ2v) is 8.35. The third kappa shape index (κ3) is 5.66. The topological polar surface area (TPSA) is 102 Å². The first-order valence-corrected chi connectivity index (χ1v) is 11.0. The number of nitrogens with one attached hydrogen (secondary N) is 1. The number of carboxylic acid groups (broad SMARTS) is 1. The van der Waals surface area contributed by atoms with Gasteiger partial charge >= 0.3 is 5.97 Å². The van der Waals surface area contributed by atoms with E-state index in [0.717, 1.165) is 21.9 Å². The van der Waals surface area contributed by atoms with E-state index in [-0.39, 0.29) is 18.6 Å². The Morgan fingerprint density at radius 3 is 2.35 bits per heavy atom. The number of anilines is 1. The smallest absolute Gasteiger partial charge is 0.326 e. The molecule has 4 rings (SSSR count). The Morgan fingerprint density at radius 2 is 1.62 bits per heavy atom. The van der Waals surface area contributed by atoms with Gasteiger partial charge in [0.15, 0.2) is 0 Å². The van der Waals surface area contributed by atoms with E-state index in [1.807, 2.05) is 54.6 Å². The molecule has 6 nitrogen and oxygen atoms in total. The van der Waals surface area contributed by atoms with Crippen molar-refractivity contribution in [1.82, 2.24) is 5.32 Å². The predicted octanol–water partition coefficient (Wildman–Crippen LogP) is 5.08. The second kappa shape index (κ2) is 10.3. The Morgan fingerprint density at radius 1 is 0.912 bits per heavy atom. The third-order valence-electron chi connectivity index (χ3n) is 5.44. The molecule has 7 heteroatoms. The first kappa shape index (κ1) is 23.1. The summed E-state index contributed by atoms with van der Waals surface area (Å²) < 4.78 is 5.78. The number of carboxylic acids is 1. The average molecular weight is 475 g/mol. The lowest BCUT2D eigenvalue weighted by molar-refractivity contribution is -0.139. The number of nitrogen functional groups attached to an aromatic ring is 1. The molecule has 4 aromatic rings. The van der Waals surface area contributed by atoms with Crippen molar-refractivity contribution in [2.75, 3.05) is 5.73 Å². The fourth-order valence-electron chi connectivity index (χ4n) is 3.59. The number of carbonyl (C=O) groups is 2. The molecule has 0 heterocycles. The molecule has 1 amide bonds. The number of carbonyl (C=O) groups excluding carboxylic acids is 1. The van der Waals surface area contributed by atoms with Crippen LogP contribution >= 0.6 is 11.6 Å². The largest absolute Gasteiger partial charge is 0.487 e. The van der Waals surface area contributed by atoms with Gasteiger partial charge in [0.05, 0.1) is 5.69 Å². The van der Waals surface area contributed by atoms with Crippen molar-refractivity contribution >= 4 is 39.9 Å². The van der Waals surface area contributed by atoms with Gasteiger partial charge in [-0.2, -0.15) is 0 Å². The van der Waals surface area contributed by atoms with Crippen LogP contribution in [-0.2, 0) is 17.8 Å². The maximum absolute atomic E-state index is 12.9. The molecule has 0 aromatic heterocycles. The van der Waals surface area contributed by atoms with Gasteiger partial charge in [-0.15, -0.1) is 0 Å². The van der Waals surface area contributed by atoms with Crippen molar-refractivity contribution in [3.8, 4) is 5.75 Å². The van der Waals surface area contributed by atoms with E-state index in [2.05, 4.69) is 5.32 Å². The molecule has 172 valence electrons. The molecule has 4 N–H and O–H groups in total. The molecule has 0 aliphatic heterocycles. The first-order valence-electron chi connectivity index (χ1n) is 10.7. The van der Waals surface area contributed by atoms with Gasteiger partial charge in [0.25, 0.3) is 5.91 Å². The van der Waals surface area contributed by atoms with E-state index in [1.54, 1.807) is 18.2 Å². The molecule has 1 atom stereocenters. The Labute approximate surface area is 201 Å². The highest BCUT2D eigenvalue weighted by Gasteiger charge is 2.22. The number of ether oxygens (including phenoxy) is 1. The zero-order valence-electron chi connectivity index (χ0n) is 18.2. The molecular formula is C27H23ClN2O4. The van der Waals surface area contributed by atoms with Crippen LogP contribution in [0.5, 0.6) is 5.75 Å². The standard InChI is InChI=1S/C27H23ClN2O4/c28-22-10-6-17(7-11-22)16-34-25-15-21(9-12-23(25)29)26(31)30-24(27(32)33)14-18-5-8-19-3-1-2-4-20(19)13-18/h1-13,15,24H,14,16,29H2,(H,30,31)(H,32,33)/t24-/m0/s1. The zero-order valence-corrected chi connectivity index (χ0v) is 19.0. The van der Waals surface area contributed by atoms with Crippen LogP contribution in [0.4, 0.5) is 5.69 Å². The Hall–Kier alpha value is -4.03. The van der Waals surface area contributed by atoms with Crippen LogP contribution in [0.25, 0.3) is 10.8 Å². The van der Waals surface area contributed by atoms with Crippen LogP contribution in [-0.4, -0.2) is 23.0 Å². The van der Waals surface area contributed by atoms with Crippen LogP contribution in [0, 0.1) is 0 Å². The number of hydrogen-bond donors (Lipinski definition) is 3. The number of nitrogens with two attached hydrogens (primary N) is 1. The van der Waals surface area contributed by atoms with Crippen LogP contribution in [0.15, 0.2) is 84.9 Å². The number of aliphatic carboxylic acids is 1. The zero-order chi connectivity index (χ0) is 24.1. The summed E-state index contributed by atoms with van der Waals surface area (Å²) in [5.74, 6) is -1.30. The summed E-state index contributed by atoms with van der Waals surface area (Å²) >= 11 is 5.90. The number of hydrogen-bond acceptors (Lipinski definition) is 4. The number of rotatable bonds is 8. The average Bonchev–Trinajstić information content (AvgIpc) is 2.84. The Kier molecular flexibility index (Phi) is 6.99. The quantitative estimate of drug-likeness (QED) is 0.309. The Balaban J connectivity index is 1.46. The van der Waals surface area contributed by atoms with Crippen molar-refractivity contribution in [2.24, 2.45) is 0 Å². The molecule has 0 aliphatic carbocycles. The summed E-state index contributed by atoms with van der Waals surface area (Å²) in [7, 11) is 0. The maximum Gasteiger partial charge on any atom is 0.326 e. The molecule has 0 saturated heterocycles. The van der Waals surface area contributed by atoms with E-state index < -0.39 is 17.9 Å². The summed E-state index contributed by atoms with van der Waals surface area (Å²) in [4.78, 5) is 24.7. The minimum Gasteiger partial charge on any atom is -0.487 e. The number of halogens is 1. The van der Waals surface area contributed by atoms with Crippen LogP contribution in [0.2, 0.25) is 5.02 Å². The minimum absolute atomic E-state index is 0.154. The highest BCUT2D eigenvalue weighted by Crippen LogP contribution is 2.24. The molecule has 34 heavy (non-hydrogen) atoms. The van der Waals surface area contributed by atoms with Gasteiger partial charge in [-0.05, 0) is 52.2 Å². The maximum atomic E-state index is 12.9. The van der Waals surface area contributed by atoms with Gasteiger partial charge < -0.3 is 20.9 Å². The Bertz CT molecular complexity index is 1340. The number of fused-ring (bicyclic) bond motifs is 1. The molecule has 4 aromatic carbocycles. The van der Waals surface area contributed by atoms with E-state index in [4.69, 9.17) is 22.1 Å². The highest BCUT2D eigenvalue weighted by atomic mass is 35.5. The molecule has 0 unspecified atom stereocenters. The van der Waals surface area contributed by atoms with Crippen molar-refractivity contribution in [3.63, 3.8) is 0 Å². The minimum atomic E-state index is -1.11. The van der Waals surface area contributed by atoms with Crippen molar-refractivity contribution in [1.29, 1.82) is 0 Å². The predicted molar refractivity (Wildman–Crippen MR) is 133 cm³/mol.